The average Bonchev–Trinajstić information content (AvgIpc) is 1.85. The molecule has 1 unspecified atom stereocenters. The summed E-state index contributed by atoms with van der Waals surface area (Å²) >= 11 is 0. The van der Waals surface area contributed by atoms with Crippen molar-refractivity contribution >= 4 is 0 Å². The molecule has 0 aromatic rings. The number of nitrogens with zero attached hydrogens (tertiary/aromatic N) is 1. The number of hydrogen-bond donors (Lipinski definition) is 0. The molecule has 0 aromatic carbocycles. The van der Waals surface area contributed by atoms with Crippen LogP contribution in [0, 0.1) is 16.0 Å². The lowest BCUT2D eigenvalue weighted by Gasteiger charge is -2.15. The van der Waals surface area contributed by atoms with Crippen LogP contribution in [0.3, 0.4) is 0 Å². The minimum Gasteiger partial charge on any atom is -0.264 e. The van der Waals surface area contributed by atoms with Crippen LogP contribution in [0.2, 0.25) is 0 Å². The van der Waals surface area contributed by atoms with Crippen LogP contribution in [0.5, 0.6) is 0 Å². The number of nitro groups is 1. The van der Waals surface area contributed by atoms with Gasteiger partial charge in [-0.25, -0.2) is 0 Å². The van der Waals surface area contributed by atoms with E-state index >= 15 is 0 Å². The predicted molar refractivity (Wildman–Crippen MR) is 43.0 cm³/mol. The van der Waals surface area contributed by atoms with E-state index in [-0.39, 0.29) is 11.5 Å². The molecule has 0 radical (unpaired) electrons. The van der Waals surface area contributed by atoms with Crippen molar-refractivity contribution in [3.8, 4) is 0 Å². The second kappa shape index (κ2) is 3.51. The van der Waals surface area contributed by atoms with Crippen LogP contribution in [0.4, 0.5) is 0 Å². The molecule has 0 heterocycles. The fraction of sp³-hybridized carbons (Fsp3) is 0.750. The number of hydrogen-bond acceptors (Lipinski definition) is 2. The molecule has 0 amide bonds. The minimum atomic E-state index is -0.246. The monoisotopic (exact) mass is 155 g/mol. The Bertz CT molecular complexity index is 187. The van der Waals surface area contributed by atoms with Crippen LogP contribution in [0.15, 0.2) is 11.6 Å². The van der Waals surface area contributed by atoms with Crippen molar-refractivity contribution in [2.24, 2.45) is 5.92 Å². The molecule has 0 saturated carbocycles. The van der Waals surface area contributed by atoms with Crippen molar-refractivity contribution in [3.05, 3.63) is 21.8 Å². The van der Waals surface area contributed by atoms with E-state index in [0.29, 0.717) is 5.92 Å². The van der Waals surface area contributed by atoms with Gasteiger partial charge < -0.3 is 0 Å². The summed E-state index contributed by atoms with van der Waals surface area (Å²) in [6, 6.07) is 0. The molecule has 1 aliphatic rings. The molecule has 0 aliphatic heterocycles. The summed E-state index contributed by atoms with van der Waals surface area (Å²) < 4.78 is 0. The van der Waals surface area contributed by atoms with Crippen LogP contribution in [-0.4, -0.2) is 11.5 Å². The first-order valence-corrected chi connectivity index (χ1v) is 3.98. The number of allylic oxidation sites excluding steroid dienone is 1. The molecule has 62 valence electrons. The summed E-state index contributed by atoms with van der Waals surface area (Å²) in [5, 5.41) is 10.1. The molecule has 0 fully saturated rings. The molecular weight excluding hydrogens is 142 g/mol. The molecule has 1 aliphatic carbocycles. The maximum Gasteiger partial charge on any atom is 0.224 e. The standard InChI is InChI=1S/C8H13NO2/c1-7-3-2-4-8(5-7)6-9(10)11/h4,7H,2-3,5-6H2,1H3. The van der Waals surface area contributed by atoms with E-state index in [1.807, 2.05) is 6.08 Å². The van der Waals surface area contributed by atoms with E-state index < -0.39 is 0 Å². The van der Waals surface area contributed by atoms with Crippen molar-refractivity contribution in [2.45, 2.75) is 26.2 Å². The van der Waals surface area contributed by atoms with E-state index in [0.717, 1.165) is 18.4 Å². The highest BCUT2D eigenvalue weighted by atomic mass is 16.6. The van der Waals surface area contributed by atoms with E-state index in [1.165, 1.54) is 6.42 Å². The maximum atomic E-state index is 10.1. The molecule has 3 heteroatoms. The predicted octanol–water partition coefficient (Wildman–Crippen LogP) is 2.01. The Morgan fingerprint density at radius 3 is 3.09 bits per heavy atom. The van der Waals surface area contributed by atoms with Crippen LogP contribution >= 0.6 is 0 Å². The molecule has 0 spiro atoms. The molecule has 1 atom stereocenters. The maximum absolute atomic E-state index is 10.1. The SMILES string of the molecule is CC1CCC=C(C[N+](=O)[O-])C1. The molecule has 0 bridgehead atoms. The van der Waals surface area contributed by atoms with Crippen LogP contribution < -0.4 is 0 Å². The summed E-state index contributed by atoms with van der Waals surface area (Å²) in [5.41, 5.74) is 1.01. The third-order valence-corrected chi connectivity index (χ3v) is 2.04. The second-order valence-electron chi connectivity index (χ2n) is 3.24. The van der Waals surface area contributed by atoms with Crippen LogP contribution in [-0.2, 0) is 0 Å². The van der Waals surface area contributed by atoms with E-state index in [4.69, 9.17) is 0 Å². The van der Waals surface area contributed by atoms with Crippen molar-refractivity contribution in [3.63, 3.8) is 0 Å². The Morgan fingerprint density at radius 2 is 2.55 bits per heavy atom. The molecule has 3 nitrogen and oxygen atoms in total. The van der Waals surface area contributed by atoms with E-state index in [1.54, 1.807) is 0 Å². The van der Waals surface area contributed by atoms with Crippen LogP contribution in [0.1, 0.15) is 26.2 Å². The second-order valence-corrected chi connectivity index (χ2v) is 3.24. The average molecular weight is 155 g/mol. The first-order valence-electron chi connectivity index (χ1n) is 3.98. The van der Waals surface area contributed by atoms with Gasteiger partial charge >= 0.3 is 0 Å². The van der Waals surface area contributed by atoms with Gasteiger partial charge in [-0.2, -0.15) is 0 Å². The Balaban J connectivity index is 2.44. The van der Waals surface area contributed by atoms with Gasteiger partial charge in [0, 0.05) is 4.92 Å². The van der Waals surface area contributed by atoms with Crippen molar-refractivity contribution in [1.29, 1.82) is 0 Å². The zero-order valence-corrected chi connectivity index (χ0v) is 6.75. The lowest BCUT2D eigenvalue weighted by Crippen LogP contribution is -2.10. The lowest BCUT2D eigenvalue weighted by molar-refractivity contribution is -0.471. The fourth-order valence-electron chi connectivity index (χ4n) is 1.50. The van der Waals surface area contributed by atoms with Crippen molar-refractivity contribution in [2.75, 3.05) is 6.54 Å². The summed E-state index contributed by atoms with van der Waals surface area (Å²) in [7, 11) is 0. The zero-order chi connectivity index (χ0) is 8.27. The normalized spacial score (nSPS) is 24.5. The van der Waals surface area contributed by atoms with Gasteiger partial charge in [0.2, 0.25) is 6.54 Å². The molecular formula is C8H13NO2. The highest BCUT2D eigenvalue weighted by molar-refractivity contribution is 5.06. The van der Waals surface area contributed by atoms with Gasteiger partial charge in [0.15, 0.2) is 0 Å². The summed E-state index contributed by atoms with van der Waals surface area (Å²) in [4.78, 5) is 9.89. The zero-order valence-electron chi connectivity index (χ0n) is 6.75. The highest BCUT2D eigenvalue weighted by Crippen LogP contribution is 2.22. The van der Waals surface area contributed by atoms with Gasteiger partial charge in [-0.15, -0.1) is 0 Å². The van der Waals surface area contributed by atoms with Gasteiger partial charge in [0.25, 0.3) is 0 Å². The van der Waals surface area contributed by atoms with Gasteiger partial charge in [0.05, 0.1) is 0 Å². The molecule has 0 saturated heterocycles. The smallest absolute Gasteiger partial charge is 0.224 e. The third-order valence-electron chi connectivity index (χ3n) is 2.04. The molecule has 1 rings (SSSR count). The number of rotatable bonds is 2. The Labute approximate surface area is 66.3 Å². The first-order chi connectivity index (χ1) is 5.18. The van der Waals surface area contributed by atoms with E-state index in [9.17, 15) is 10.1 Å². The Morgan fingerprint density at radius 1 is 1.82 bits per heavy atom. The molecule has 0 aromatic heterocycles. The Kier molecular flexibility index (Phi) is 2.63. The summed E-state index contributed by atoms with van der Waals surface area (Å²) in [6.45, 7) is 2.19. The lowest BCUT2D eigenvalue weighted by atomic mass is 9.90. The van der Waals surface area contributed by atoms with Crippen molar-refractivity contribution in [1.82, 2.24) is 0 Å². The quantitative estimate of drug-likeness (QED) is 0.348. The van der Waals surface area contributed by atoms with Gasteiger partial charge in [-0.1, -0.05) is 13.0 Å². The molecule has 11 heavy (non-hydrogen) atoms. The first kappa shape index (κ1) is 8.24. The summed E-state index contributed by atoms with van der Waals surface area (Å²) in [5.74, 6) is 0.634. The molecule has 0 N–H and O–H groups in total. The topological polar surface area (TPSA) is 43.1 Å². The van der Waals surface area contributed by atoms with Gasteiger partial charge in [-0.05, 0) is 30.8 Å². The minimum absolute atomic E-state index is 0.0460. The Hall–Kier alpha value is -0.860. The highest BCUT2D eigenvalue weighted by Gasteiger charge is 2.14. The third kappa shape index (κ3) is 2.70. The largest absolute Gasteiger partial charge is 0.264 e. The fourth-order valence-corrected chi connectivity index (χ4v) is 1.50. The van der Waals surface area contributed by atoms with Gasteiger partial charge in [0.1, 0.15) is 0 Å². The van der Waals surface area contributed by atoms with Crippen LogP contribution in [0.25, 0.3) is 0 Å². The van der Waals surface area contributed by atoms with Crippen molar-refractivity contribution < 1.29 is 4.92 Å². The summed E-state index contributed by atoms with van der Waals surface area (Å²) in [6.07, 6.45) is 5.13. The van der Waals surface area contributed by atoms with Gasteiger partial charge in [-0.3, -0.25) is 10.1 Å². The van der Waals surface area contributed by atoms with E-state index in [2.05, 4.69) is 6.92 Å².